The molecule has 19 heavy (non-hydrogen) atoms. The molecular weight excluding hydrogens is 299 g/mol. The molecule has 1 aromatic rings. The van der Waals surface area contributed by atoms with E-state index in [4.69, 9.17) is 27.9 Å². The largest absolute Gasteiger partial charge is 0.466 e. The van der Waals surface area contributed by atoms with E-state index in [0.29, 0.717) is 0 Å². The average molecular weight is 310 g/mol. The molecule has 0 N–H and O–H groups in total. The molecular formula is C12H11Cl2F2NO2. The van der Waals surface area contributed by atoms with Crippen LogP contribution in [0.1, 0.15) is 18.9 Å². The van der Waals surface area contributed by atoms with Gasteiger partial charge in [-0.2, -0.15) is 0 Å². The van der Waals surface area contributed by atoms with Gasteiger partial charge >= 0.3 is 5.97 Å². The van der Waals surface area contributed by atoms with Crippen molar-refractivity contribution in [2.24, 2.45) is 11.8 Å². The van der Waals surface area contributed by atoms with Crippen molar-refractivity contribution in [1.29, 1.82) is 0 Å². The van der Waals surface area contributed by atoms with Crippen LogP contribution in [0, 0.1) is 11.8 Å². The standard InChI is InChI=1S/C12H11Cl2F2NO2/c1-2-19-11(18)7-5-8(7)12(15,16)6-3-9(13)17-10(14)4-6/h3-4,7-8H,2,5H2,1H3/t7-,8-/m1/s1. The molecule has 0 bridgehead atoms. The van der Waals surface area contributed by atoms with E-state index >= 15 is 0 Å². The second-order valence-corrected chi connectivity index (χ2v) is 5.10. The third-order valence-corrected chi connectivity index (χ3v) is 3.38. The highest BCUT2D eigenvalue weighted by Gasteiger charge is 2.59. The molecule has 1 aliphatic carbocycles. The van der Waals surface area contributed by atoms with Crippen molar-refractivity contribution in [3.8, 4) is 0 Å². The Morgan fingerprint density at radius 3 is 2.58 bits per heavy atom. The van der Waals surface area contributed by atoms with Gasteiger partial charge in [0.05, 0.1) is 12.5 Å². The number of ether oxygens (including phenoxy) is 1. The fourth-order valence-electron chi connectivity index (χ4n) is 1.98. The van der Waals surface area contributed by atoms with E-state index in [1.54, 1.807) is 6.92 Å². The minimum atomic E-state index is -3.17. The van der Waals surface area contributed by atoms with Gasteiger partial charge in [-0.1, -0.05) is 23.2 Å². The van der Waals surface area contributed by atoms with E-state index in [9.17, 15) is 13.6 Å². The van der Waals surface area contributed by atoms with E-state index in [0.717, 1.165) is 12.1 Å². The van der Waals surface area contributed by atoms with Gasteiger partial charge in [0.15, 0.2) is 0 Å². The van der Waals surface area contributed by atoms with Crippen LogP contribution < -0.4 is 0 Å². The molecule has 0 aliphatic heterocycles. The molecule has 0 saturated heterocycles. The Balaban J connectivity index is 2.17. The van der Waals surface area contributed by atoms with Crippen LogP contribution >= 0.6 is 23.2 Å². The molecule has 1 saturated carbocycles. The molecule has 0 spiro atoms. The third-order valence-electron chi connectivity index (χ3n) is 2.99. The third kappa shape index (κ3) is 2.98. The number of rotatable bonds is 4. The Hall–Kier alpha value is -0.940. The first-order chi connectivity index (χ1) is 8.86. The number of carbonyl (C=O) groups is 1. The molecule has 2 atom stereocenters. The van der Waals surface area contributed by atoms with Crippen molar-refractivity contribution >= 4 is 29.2 Å². The van der Waals surface area contributed by atoms with Gasteiger partial charge in [0.25, 0.3) is 5.92 Å². The first-order valence-corrected chi connectivity index (χ1v) is 6.49. The summed E-state index contributed by atoms with van der Waals surface area (Å²) in [6, 6.07) is 2.13. The smallest absolute Gasteiger partial charge is 0.309 e. The Labute approximate surface area is 118 Å². The number of aromatic nitrogens is 1. The monoisotopic (exact) mass is 309 g/mol. The van der Waals surface area contributed by atoms with Gasteiger partial charge in [-0.05, 0) is 25.5 Å². The lowest BCUT2D eigenvalue weighted by Gasteiger charge is -2.17. The van der Waals surface area contributed by atoms with E-state index < -0.39 is 23.7 Å². The van der Waals surface area contributed by atoms with Gasteiger partial charge < -0.3 is 4.74 Å². The minimum Gasteiger partial charge on any atom is -0.466 e. The quantitative estimate of drug-likeness (QED) is 0.629. The number of carbonyl (C=O) groups excluding carboxylic acids is 1. The highest BCUT2D eigenvalue weighted by atomic mass is 35.5. The van der Waals surface area contributed by atoms with Crippen LogP contribution in [0.5, 0.6) is 0 Å². The Morgan fingerprint density at radius 1 is 1.47 bits per heavy atom. The maximum atomic E-state index is 14.2. The summed E-state index contributed by atoms with van der Waals surface area (Å²) < 4.78 is 33.1. The van der Waals surface area contributed by atoms with Crippen LogP contribution in [-0.2, 0) is 15.5 Å². The summed E-state index contributed by atoms with van der Waals surface area (Å²) in [7, 11) is 0. The maximum Gasteiger partial charge on any atom is 0.309 e. The van der Waals surface area contributed by atoms with Gasteiger partial charge in [0.2, 0.25) is 0 Å². The van der Waals surface area contributed by atoms with Crippen molar-refractivity contribution in [2.75, 3.05) is 6.61 Å². The predicted octanol–water partition coefficient (Wildman–Crippen LogP) is 3.68. The van der Waals surface area contributed by atoms with Gasteiger partial charge in [0.1, 0.15) is 10.3 Å². The molecule has 1 aromatic heterocycles. The molecule has 1 fully saturated rings. The summed E-state index contributed by atoms with van der Waals surface area (Å²) in [6.07, 6.45) is 0.101. The number of nitrogens with zero attached hydrogens (tertiary/aromatic N) is 1. The van der Waals surface area contributed by atoms with Crippen LogP contribution in [0.25, 0.3) is 0 Å². The Bertz CT molecular complexity index is 490. The van der Waals surface area contributed by atoms with Crippen molar-refractivity contribution in [1.82, 2.24) is 4.98 Å². The van der Waals surface area contributed by atoms with E-state index in [1.807, 2.05) is 0 Å². The summed E-state index contributed by atoms with van der Waals surface area (Å²) in [5.74, 6) is -5.59. The zero-order valence-electron chi connectivity index (χ0n) is 10.00. The lowest BCUT2D eigenvalue weighted by atomic mass is 10.0. The topological polar surface area (TPSA) is 39.2 Å². The molecule has 0 aromatic carbocycles. The molecule has 2 rings (SSSR count). The van der Waals surface area contributed by atoms with Crippen LogP contribution in [0.2, 0.25) is 10.3 Å². The summed E-state index contributed by atoms with van der Waals surface area (Å²) in [5.41, 5.74) is -0.325. The highest BCUT2D eigenvalue weighted by molar-refractivity contribution is 6.32. The molecule has 0 radical (unpaired) electrons. The first-order valence-electron chi connectivity index (χ1n) is 5.74. The van der Waals surface area contributed by atoms with E-state index in [1.165, 1.54) is 0 Å². The molecule has 104 valence electrons. The summed E-state index contributed by atoms with van der Waals surface area (Å²) >= 11 is 11.2. The summed E-state index contributed by atoms with van der Waals surface area (Å²) in [4.78, 5) is 15.0. The second kappa shape index (κ2) is 5.21. The molecule has 0 unspecified atom stereocenters. The summed E-state index contributed by atoms with van der Waals surface area (Å²) in [5, 5.41) is -0.203. The number of hydrogen-bond acceptors (Lipinski definition) is 3. The first kappa shape index (κ1) is 14.5. The summed E-state index contributed by atoms with van der Waals surface area (Å²) in [6.45, 7) is 1.82. The van der Waals surface area contributed by atoms with Gasteiger partial charge in [-0.3, -0.25) is 4.79 Å². The minimum absolute atomic E-state index is 0.101. The van der Waals surface area contributed by atoms with Crippen LogP contribution in [0.4, 0.5) is 8.78 Å². The number of halogens is 4. The van der Waals surface area contributed by atoms with E-state index in [2.05, 4.69) is 4.98 Å². The van der Waals surface area contributed by atoms with E-state index in [-0.39, 0.29) is 28.9 Å². The van der Waals surface area contributed by atoms with Gasteiger partial charge in [0, 0.05) is 11.5 Å². The van der Waals surface area contributed by atoms with Crippen molar-refractivity contribution in [3.05, 3.63) is 28.0 Å². The van der Waals surface area contributed by atoms with Crippen molar-refractivity contribution in [2.45, 2.75) is 19.3 Å². The van der Waals surface area contributed by atoms with Crippen LogP contribution in [0.3, 0.4) is 0 Å². The SMILES string of the molecule is CCOC(=O)[C@@H]1C[C@H]1C(F)(F)c1cc(Cl)nc(Cl)c1. The second-order valence-electron chi connectivity index (χ2n) is 4.32. The highest BCUT2D eigenvalue weighted by Crippen LogP contribution is 2.55. The normalized spacial score (nSPS) is 22.2. The number of esters is 1. The van der Waals surface area contributed by atoms with Crippen LogP contribution in [-0.4, -0.2) is 17.6 Å². The maximum absolute atomic E-state index is 14.2. The Kier molecular flexibility index (Phi) is 3.97. The Morgan fingerprint density at radius 2 is 2.05 bits per heavy atom. The zero-order valence-corrected chi connectivity index (χ0v) is 11.5. The molecule has 3 nitrogen and oxygen atoms in total. The van der Waals surface area contributed by atoms with Gasteiger partial charge in [-0.25, -0.2) is 13.8 Å². The van der Waals surface area contributed by atoms with Crippen LogP contribution in [0.15, 0.2) is 12.1 Å². The van der Waals surface area contributed by atoms with Gasteiger partial charge in [-0.15, -0.1) is 0 Å². The zero-order chi connectivity index (χ0) is 14.2. The lowest BCUT2D eigenvalue weighted by Crippen LogP contribution is -2.20. The lowest BCUT2D eigenvalue weighted by molar-refractivity contribution is -0.147. The molecule has 1 heterocycles. The number of pyridine rings is 1. The average Bonchev–Trinajstić information content (AvgIpc) is 3.08. The van der Waals surface area contributed by atoms with Crippen molar-refractivity contribution < 1.29 is 18.3 Å². The fraction of sp³-hybridized carbons (Fsp3) is 0.500. The molecule has 1 aliphatic rings. The van der Waals surface area contributed by atoms with Crippen molar-refractivity contribution in [3.63, 3.8) is 0 Å². The molecule has 7 heteroatoms. The number of hydrogen-bond donors (Lipinski definition) is 0. The molecule has 0 amide bonds. The fourth-order valence-corrected chi connectivity index (χ4v) is 2.44. The number of alkyl halides is 2. The predicted molar refractivity (Wildman–Crippen MR) is 66.4 cm³/mol.